The van der Waals surface area contributed by atoms with Crippen LogP contribution in [0.25, 0.3) is 0 Å². The lowest BCUT2D eigenvalue weighted by atomic mass is 10.0. The summed E-state index contributed by atoms with van der Waals surface area (Å²) in [4.78, 5) is 24.6. The highest BCUT2D eigenvalue weighted by Crippen LogP contribution is 2.17. The van der Waals surface area contributed by atoms with Crippen LogP contribution in [0.4, 0.5) is 4.39 Å². The Bertz CT molecular complexity index is 932. The first-order valence-corrected chi connectivity index (χ1v) is 9.89. The van der Waals surface area contributed by atoms with Crippen LogP contribution in [-0.2, 0) is 16.1 Å². The lowest BCUT2D eigenvalue weighted by molar-refractivity contribution is -0.125. The molecule has 0 bridgehead atoms. The molecule has 2 amide bonds. The van der Waals surface area contributed by atoms with E-state index in [0.29, 0.717) is 6.54 Å². The zero-order chi connectivity index (χ0) is 22.2. The molecule has 1 aliphatic heterocycles. The Balaban J connectivity index is 1.51. The molecular weight excluding hydrogens is 403 g/mol. The number of carbonyl (C=O) groups excluding carboxylic acids is 2. The number of ether oxygens (including phenoxy) is 2. The van der Waals surface area contributed by atoms with E-state index in [0.717, 1.165) is 17.4 Å². The number of carbonyl (C=O) groups is 2. The number of nitrogens with one attached hydrogen (secondary N) is 2. The maximum atomic E-state index is 13.3. The van der Waals surface area contributed by atoms with Crippen LogP contribution in [0.3, 0.4) is 0 Å². The van der Waals surface area contributed by atoms with Gasteiger partial charge in [0, 0.05) is 12.1 Å². The third kappa shape index (κ3) is 6.37. The summed E-state index contributed by atoms with van der Waals surface area (Å²) < 4.78 is 24.2. The van der Waals surface area contributed by atoms with Gasteiger partial charge in [-0.1, -0.05) is 30.4 Å². The number of aliphatic hydroxyl groups is 1. The molecule has 0 spiro atoms. The van der Waals surface area contributed by atoms with Crippen LogP contribution >= 0.6 is 0 Å². The van der Waals surface area contributed by atoms with Crippen molar-refractivity contribution in [3.05, 3.63) is 77.6 Å². The molecule has 31 heavy (non-hydrogen) atoms. The second-order valence-electron chi connectivity index (χ2n) is 7.12. The summed E-state index contributed by atoms with van der Waals surface area (Å²) in [7, 11) is 1.59. The normalized spacial score (nSPS) is 20.2. The monoisotopic (exact) mass is 428 g/mol. The Morgan fingerprint density at radius 1 is 1.16 bits per heavy atom. The Hall–Kier alpha value is -3.23. The van der Waals surface area contributed by atoms with Crippen molar-refractivity contribution in [2.45, 2.75) is 31.2 Å². The van der Waals surface area contributed by atoms with Gasteiger partial charge in [-0.3, -0.25) is 9.59 Å². The van der Waals surface area contributed by atoms with Gasteiger partial charge in [0.05, 0.1) is 32.3 Å². The first kappa shape index (κ1) is 22.5. The molecule has 3 atom stereocenters. The number of methoxy groups -OCH3 is 1. The molecule has 3 rings (SSSR count). The standard InChI is InChI=1S/C23H25FN2O5/c1-30-18-7-5-15(6-8-18)13-25-22(28)12-19-9-10-20(21(14-27)31-19)26-23(29)16-3-2-4-17(24)11-16/h2-11,19-21,27H,12-14H2,1H3,(H,25,28)(H,26,29)/t19-,20-,21+/m0/s1. The first-order valence-electron chi connectivity index (χ1n) is 9.89. The Kier molecular flexibility index (Phi) is 7.75. The van der Waals surface area contributed by atoms with Crippen molar-refractivity contribution in [1.29, 1.82) is 0 Å². The first-order chi connectivity index (χ1) is 15.0. The zero-order valence-electron chi connectivity index (χ0n) is 17.1. The largest absolute Gasteiger partial charge is 0.497 e. The van der Waals surface area contributed by atoms with Crippen LogP contribution in [0.15, 0.2) is 60.7 Å². The number of hydrogen-bond acceptors (Lipinski definition) is 5. The number of rotatable bonds is 8. The van der Waals surface area contributed by atoms with Crippen LogP contribution in [-0.4, -0.2) is 48.9 Å². The minimum atomic E-state index is -0.720. The smallest absolute Gasteiger partial charge is 0.251 e. The summed E-state index contributed by atoms with van der Waals surface area (Å²) in [5.74, 6) is -0.455. The van der Waals surface area contributed by atoms with Gasteiger partial charge in [0.25, 0.3) is 5.91 Å². The Morgan fingerprint density at radius 3 is 2.61 bits per heavy atom. The van der Waals surface area contributed by atoms with E-state index >= 15 is 0 Å². The second kappa shape index (κ2) is 10.7. The highest BCUT2D eigenvalue weighted by Gasteiger charge is 2.29. The van der Waals surface area contributed by atoms with Gasteiger partial charge in [0.1, 0.15) is 17.7 Å². The van der Waals surface area contributed by atoms with Crippen molar-refractivity contribution in [3.8, 4) is 5.75 Å². The van der Waals surface area contributed by atoms with Crippen molar-refractivity contribution in [2.75, 3.05) is 13.7 Å². The van der Waals surface area contributed by atoms with Gasteiger partial charge >= 0.3 is 0 Å². The molecule has 0 saturated carbocycles. The predicted octanol–water partition coefficient (Wildman–Crippen LogP) is 1.96. The van der Waals surface area contributed by atoms with E-state index in [9.17, 15) is 19.1 Å². The number of benzene rings is 2. The molecule has 0 fully saturated rings. The minimum Gasteiger partial charge on any atom is -0.497 e. The number of amides is 2. The fraction of sp³-hybridized carbons (Fsp3) is 0.304. The van der Waals surface area contributed by atoms with E-state index in [4.69, 9.17) is 9.47 Å². The number of aliphatic hydroxyl groups excluding tert-OH is 1. The fourth-order valence-electron chi connectivity index (χ4n) is 3.20. The molecule has 0 unspecified atom stereocenters. The van der Waals surface area contributed by atoms with Crippen LogP contribution in [0.2, 0.25) is 0 Å². The van der Waals surface area contributed by atoms with Crippen molar-refractivity contribution < 1.29 is 28.6 Å². The van der Waals surface area contributed by atoms with Crippen molar-refractivity contribution in [2.24, 2.45) is 0 Å². The molecule has 8 heteroatoms. The summed E-state index contributed by atoms with van der Waals surface area (Å²) in [6, 6.07) is 12.1. The molecule has 0 aromatic heterocycles. The molecule has 1 aliphatic rings. The molecule has 0 aliphatic carbocycles. The molecule has 1 heterocycles. The van der Waals surface area contributed by atoms with E-state index in [1.54, 1.807) is 19.3 Å². The molecule has 164 valence electrons. The number of hydrogen-bond donors (Lipinski definition) is 3. The Labute approximate surface area is 179 Å². The third-order valence-electron chi connectivity index (χ3n) is 4.88. The lowest BCUT2D eigenvalue weighted by Gasteiger charge is -2.31. The van der Waals surface area contributed by atoms with Gasteiger partial charge in [0.2, 0.25) is 5.91 Å². The molecule has 7 nitrogen and oxygen atoms in total. The summed E-state index contributed by atoms with van der Waals surface area (Å²) >= 11 is 0. The topological polar surface area (TPSA) is 96.9 Å². The molecule has 2 aromatic carbocycles. The fourth-order valence-corrected chi connectivity index (χ4v) is 3.20. The molecule has 3 N–H and O–H groups in total. The second-order valence-corrected chi connectivity index (χ2v) is 7.12. The molecule has 2 aromatic rings. The molecule has 0 saturated heterocycles. The van der Waals surface area contributed by atoms with Crippen LogP contribution in [0, 0.1) is 5.82 Å². The van der Waals surface area contributed by atoms with Crippen LogP contribution < -0.4 is 15.4 Å². The average molecular weight is 428 g/mol. The zero-order valence-corrected chi connectivity index (χ0v) is 17.1. The van der Waals surface area contributed by atoms with Gasteiger partial charge in [-0.15, -0.1) is 0 Å². The molecular formula is C23H25FN2O5. The van der Waals surface area contributed by atoms with Crippen molar-refractivity contribution in [1.82, 2.24) is 10.6 Å². The van der Waals surface area contributed by atoms with E-state index < -0.39 is 30.0 Å². The van der Waals surface area contributed by atoms with Crippen LogP contribution in [0.1, 0.15) is 22.3 Å². The SMILES string of the molecule is COc1ccc(CNC(=O)C[C@@H]2C=C[C@H](NC(=O)c3cccc(F)c3)[C@@H](CO)O2)cc1. The van der Waals surface area contributed by atoms with Gasteiger partial charge in [-0.25, -0.2) is 4.39 Å². The quantitative estimate of drug-likeness (QED) is 0.559. The van der Waals surface area contributed by atoms with E-state index in [2.05, 4.69) is 10.6 Å². The van der Waals surface area contributed by atoms with E-state index in [-0.39, 0.29) is 24.5 Å². The van der Waals surface area contributed by atoms with Crippen molar-refractivity contribution in [3.63, 3.8) is 0 Å². The average Bonchev–Trinajstić information content (AvgIpc) is 2.79. The third-order valence-corrected chi connectivity index (χ3v) is 4.88. The number of halogens is 1. The minimum absolute atomic E-state index is 0.0771. The summed E-state index contributed by atoms with van der Waals surface area (Å²) in [6.07, 6.45) is 2.18. The Morgan fingerprint density at radius 2 is 1.94 bits per heavy atom. The summed E-state index contributed by atoms with van der Waals surface area (Å²) in [5, 5.41) is 15.2. The van der Waals surface area contributed by atoms with Gasteiger partial charge in [0.15, 0.2) is 0 Å². The van der Waals surface area contributed by atoms with Crippen LogP contribution in [0.5, 0.6) is 5.75 Å². The molecule has 0 radical (unpaired) electrons. The lowest BCUT2D eigenvalue weighted by Crippen LogP contribution is -2.49. The summed E-state index contributed by atoms with van der Waals surface area (Å²) in [5.41, 5.74) is 1.10. The maximum absolute atomic E-state index is 13.3. The van der Waals surface area contributed by atoms with Crippen molar-refractivity contribution >= 4 is 11.8 Å². The van der Waals surface area contributed by atoms with Gasteiger partial charge < -0.3 is 25.2 Å². The van der Waals surface area contributed by atoms with E-state index in [1.165, 1.54) is 18.2 Å². The van der Waals surface area contributed by atoms with Gasteiger partial charge in [-0.2, -0.15) is 0 Å². The summed E-state index contributed by atoms with van der Waals surface area (Å²) in [6.45, 7) is 0.0252. The highest BCUT2D eigenvalue weighted by atomic mass is 19.1. The predicted molar refractivity (Wildman–Crippen MR) is 112 cm³/mol. The highest BCUT2D eigenvalue weighted by molar-refractivity contribution is 5.94. The van der Waals surface area contributed by atoms with E-state index in [1.807, 2.05) is 24.3 Å². The maximum Gasteiger partial charge on any atom is 0.251 e. The van der Waals surface area contributed by atoms with Gasteiger partial charge in [-0.05, 0) is 35.9 Å².